The fourth-order valence-corrected chi connectivity index (χ4v) is 6.18. The van der Waals surface area contributed by atoms with Crippen LogP contribution in [0.15, 0.2) is 48.6 Å². The second-order valence-electron chi connectivity index (χ2n) is 14.5. The molecular weight excluding hydrogens is 606 g/mol. The van der Waals surface area contributed by atoms with Crippen LogP contribution in [0.5, 0.6) is 0 Å². The predicted molar refractivity (Wildman–Crippen MR) is 213 cm³/mol. The number of aliphatic hydroxyl groups is 1. The lowest BCUT2D eigenvalue weighted by Crippen LogP contribution is -2.34. The van der Waals surface area contributed by atoms with Gasteiger partial charge in [0.15, 0.2) is 5.79 Å². The van der Waals surface area contributed by atoms with E-state index in [0.29, 0.717) is 31.9 Å². The minimum Gasteiger partial charge on any atom is -0.480 e. The number of hydrogen-bond donors (Lipinski definition) is 2. The Balaban J connectivity index is 4.26. The molecule has 0 aliphatic carbocycles. The predicted octanol–water partition coefficient (Wildman–Crippen LogP) is 12.8. The van der Waals surface area contributed by atoms with Gasteiger partial charge in [0.25, 0.3) is 0 Å². The SMILES string of the molecule is CCCCC/C=C\C/C=C\CCCCCCCCC(O)(CCCCCCCC(C)/C=C\C/C=C\CCCCC)OCCCN(C)CC(=O)O. The number of likely N-dealkylation sites (N-methyl/N-ethyl adjacent to an activating group) is 1. The summed E-state index contributed by atoms with van der Waals surface area (Å²) in [6, 6.07) is 0. The number of nitrogens with zero attached hydrogens (tertiary/aromatic N) is 1. The molecule has 0 amide bonds. The number of carboxylic acid groups (broad SMARTS) is 1. The van der Waals surface area contributed by atoms with E-state index in [0.717, 1.165) is 44.9 Å². The van der Waals surface area contributed by atoms with E-state index in [9.17, 15) is 9.90 Å². The molecule has 5 nitrogen and oxygen atoms in total. The first kappa shape index (κ1) is 47.3. The Labute approximate surface area is 304 Å². The van der Waals surface area contributed by atoms with Crippen LogP contribution in [-0.4, -0.2) is 53.6 Å². The first-order chi connectivity index (χ1) is 23.8. The molecule has 2 atom stereocenters. The summed E-state index contributed by atoms with van der Waals surface area (Å²) in [6.45, 7) is 7.97. The van der Waals surface area contributed by atoms with Crippen molar-refractivity contribution in [3.63, 3.8) is 0 Å². The van der Waals surface area contributed by atoms with Crippen molar-refractivity contribution in [2.75, 3.05) is 26.7 Å². The summed E-state index contributed by atoms with van der Waals surface area (Å²) >= 11 is 0. The smallest absolute Gasteiger partial charge is 0.317 e. The highest BCUT2D eigenvalue weighted by Crippen LogP contribution is 2.25. The second-order valence-corrected chi connectivity index (χ2v) is 14.5. The van der Waals surface area contributed by atoms with Gasteiger partial charge in [0, 0.05) is 19.4 Å². The van der Waals surface area contributed by atoms with Gasteiger partial charge in [-0.05, 0) is 90.0 Å². The summed E-state index contributed by atoms with van der Waals surface area (Å²) in [5.74, 6) is -1.25. The van der Waals surface area contributed by atoms with Crippen LogP contribution in [0.2, 0.25) is 0 Å². The van der Waals surface area contributed by atoms with Crippen LogP contribution < -0.4 is 0 Å². The zero-order chi connectivity index (χ0) is 36.1. The minimum atomic E-state index is -1.07. The molecule has 0 aromatic rings. The van der Waals surface area contributed by atoms with Crippen LogP contribution in [0.25, 0.3) is 0 Å². The van der Waals surface area contributed by atoms with Crippen LogP contribution >= 0.6 is 0 Å². The van der Waals surface area contributed by atoms with Crippen LogP contribution in [0.1, 0.15) is 188 Å². The zero-order valence-electron chi connectivity index (χ0n) is 32.9. The van der Waals surface area contributed by atoms with Gasteiger partial charge in [-0.1, -0.05) is 146 Å². The molecule has 0 heterocycles. The van der Waals surface area contributed by atoms with Crippen molar-refractivity contribution in [1.82, 2.24) is 4.90 Å². The quantitative estimate of drug-likeness (QED) is 0.0386. The maximum atomic E-state index is 11.4. The number of carbonyl (C=O) groups is 1. The van der Waals surface area contributed by atoms with Gasteiger partial charge in [0.1, 0.15) is 0 Å². The van der Waals surface area contributed by atoms with Gasteiger partial charge in [-0.25, -0.2) is 0 Å². The maximum absolute atomic E-state index is 11.4. The van der Waals surface area contributed by atoms with E-state index < -0.39 is 11.8 Å². The van der Waals surface area contributed by atoms with E-state index in [2.05, 4.69) is 69.4 Å². The molecule has 0 saturated heterocycles. The molecule has 0 spiro atoms. The lowest BCUT2D eigenvalue weighted by molar-refractivity contribution is -0.214. The van der Waals surface area contributed by atoms with Gasteiger partial charge in [-0.3, -0.25) is 9.69 Å². The average Bonchev–Trinajstić information content (AvgIpc) is 3.07. The van der Waals surface area contributed by atoms with Crippen molar-refractivity contribution in [2.24, 2.45) is 5.92 Å². The van der Waals surface area contributed by atoms with Gasteiger partial charge in [-0.2, -0.15) is 0 Å². The number of carboxylic acids is 1. The third-order valence-corrected chi connectivity index (χ3v) is 9.33. The van der Waals surface area contributed by atoms with E-state index in [-0.39, 0.29) is 6.54 Å². The van der Waals surface area contributed by atoms with Crippen molar-refractivity contribution in [3.8, 4) is 0 Å². The Morgan fingerprint density at radius 1 is 0.653 bits per heavy atom. The van der Waals surface area contributed by atoms with Crippen LogP contribution in [-0.2, 0) is 9.53 Å². The Morgan fingerprint density at radius 2 is 1.12 bits per heavy atom. The normalized spacial score (nSPS) is 14.3. The molecule has 49 heavy (non-hydrogen) atoms. The van der Waals surface area contributed by atoms with E-state index in [1.807, 2.05) is 7.05 Å². The Bertz CT molecular complexity index is 835. The molecule has 5 heteroatoms. The number of hydrogen-bond acceptors (Lipinski definition) is 4. The standard InChI is InChI=1S/C44H81NO4/c1-5-7-9-11-13-15-16-17-18-19-20-21-22-24-28-32-37-44(48,49-40-34-39-45(4)41-43(46)47)38-33-29-25-27-31-36-42(3)35-30-26-23-14-12-10-8-6-2/h13-15,17-18,23,30,35,42,48H,5-12,16,19-22,24-29,31-34,36-41H2,1-4H3,(H,46,47)/b15-13-,18-17-,23-14-,35-30-. The first-order valence-electron chi connectivity index (χ1n) is 20.7. The van der Waals surface area contributed by atoms with Crippen LogP contribution in [0, 0.1) is 5.92 Å². The molecule has 0 aliphatic rings. The molecule has 0 rings (SSSR count). The second kappa shape index (κ2) is 36.1. The van der Waals surface area contributed by atoms with Crippen molar-refractivity contribution in [2.45, 2.75) is 193 Å². The minimum absolute atomic E-state index is 0.0305. The average molecular weight is 688 g/mol. The highest BCUT2D eigenvalue weighted by molar-refractivity contribution is 5.68. The van der Waals surface area contributed by atoms with Gasteiger partial charge >= 0.3 is 5.97 Å². The fourth-order valence-electron chi connectivity index (χ4n) is 6.18. The highest BCUT2D eigenvalue weighted by atomic mass is 16.6. The van der Waals surface area contributed by atoms with Crippen LogP contribution in [0.3, 0.4) is 0 Å². The topological polar surface area (TPSA) is 70.0 Å². The molecule has 286 valence electrons. The zero-order valence-corrected chi connectivity index (χ0v) is 32.9. The summed E-state index contributed by atoms with van der Waals surface area (Å²) in [4.78, 5) is 12.7. The Morgan fingerprint density at radius 3 is 1.65 bits per heavy atom. The summed E-state index contributed by atoms with van der Waals surface area (Å²) in [7, 11) is 1.81. The monoisotopic (exact) mass is 688 g/mol. The molecule has 2 N–H and O–H groups in total. The number of unbranched alkanes of at least 4 members (excludes halogenated alkanes) is 16. The third-order valence-electron chi connectivity index (χ3n) is 9.33. The Kier molecular flexibility index (Phi) is 34.9. The van der Waals surface area contributed by atoms with Crippen molar-refractivity contribution >= 4 is 5.97 Å². The van der Waals surface area contributed by atoms with Gasteiger partial charge in [0.05, 0.1) is 13.2 Å². The number of rotatable bonds is 37. The third kappa shape index (κ3) is 35.9. The summed E-state index contributed by atoms with van der Waals surface area (Å²) in [6.07, 6.45) is 48.4. The number of allylic oxidation sites excluding steroid dienone is 8. The molecule has 2 unspecified atom stereocenters. The first-order valence-corrected chi connectivity index (χ1v) is 20.7. The van der Waals surface area contributed by atoms with E-state index in [1.54, 1.807) is 4.90 Å². The molecule has 0 aromatic carbocycles. The molecule has 0 saturated carbocycles. The summed E-state index contributed by atoms with van der Waals surface area (Å²) in [5.41, 5.74) is 0. The molecule has 0 aromatic heterocycles. The fraction of sp³-hybridized carbons (Fsp3) is 0.795. The highest BCUT2D eigenvalue weighted by Gasteiger charge is 2.26. The van der Waals surface area contributed by atoms with Gasteiger partial charge < -0.3 is 14.9 Å². The Hall–Kier alpha value is -1.69. The van der Waals surface area contributed by atoms with Crippen molar-refractivity contribution < 1.29 is 19.7 Å². The van der Waals surface area contributed by atoms with E-state index >= 15 is 0 Å². The number of aliphatic carboxylic acids is 1. The largest absolute Gasteiger partial charge is 0.480 e. The molecular formula is C44H81NO4. The molecule has 0 radical (unpaired) electrons. The summed E-state index contributed by atoms with van der Waals surface area (Å²) in [5, 5.41) is 20.4. The molecule has 0 bridgehead atoms. The molecule has 0 aliphatic heterocycles. The lowest BCUT2D eigenvalue weighted by atomic mass is 9.98. The van der Waals surface area contributed by atoms with Crippen LogP contribution in [0.4, 0.5) is 0 Å². The van der Waals surface area contributed by atoms with E-state index in [4.69, 9.17) is 9.84 Å². The maximum Gasteiger partial charge on any atom is 0.317 e. The van der Waals surface area contributed by atoms with Gasteiger partial charge in [-0.15, -0.1) is 0 Å². The summed E-state index contributed by atoms with van der Waals surface area (Å²) < 4.78 is 6.10. The lowest BCUT2D eigenvalue weighted by Gasteiger charge is -2.29. The van der Waals surface area contributed by atoms with E-state index in [1.165, 1.54) is 109 Å². The molecule has 0 fully saturated rings. The van der Waals surface area contributed by atoms with Crippen molar-refractivity contribution in [1.29, 1.82) is 0 Å². The van der Waals surface area contributed by atoms with Crippen molar-refractivity contribution in [3.05, 3.63) is 48.6 Å². The van der Waals surface area contributed by atoms with Gasteiger partial charge in [0.2, 0.25) is 0 Å². The number of ether oxygens (including phenoxy) is 1.